The number of nitrogens with zero attached hydrogens (tertiary/aromatic N) is 2. The summed E-state index contributed by atoms with van der Waals surface area (Å²) in [5, 5.41) is 0. The highest BCUT2D eigenvalue weighted by molar-refractivity contribution is 4.95. The molecule has 0 N–H and O–H groups in total. The molecule has 2 saturated heterocycles. The molecule has 2 aliphatic rings. The summed E-state index contributed by atoms with van der Waals surface area (Å²) in [4.78, 5) is 4.87. The second-order valence-electron chi connectivity index (χ2n) is 4.47. The molecule has 0 bridgehead atoms. The van der Waals surface area contributed by atoms with Gasteiger partial charge in [0.1, 0.15) is 0 Å². The lowest BCUT2D eigenvalue weighted by molar-refractivity contribution is 0.178. The van der Waals surface area contributed by atoms with Crippen molar-refractivity contribution in [3.63, 3.8) is 0 Å². The molecule has 72 valence electrons. The molecule has 2 heterocycles. The highest BCUT2D eigenvalue weighted by atomic mass is 15.2. The molecule has 0 aromatic rings. The Kier molecular flexibility index (Phi) is 2.57. The van der Waals surface area contributed by atoms with Crippen LogP contribution in [0.3, 0.4) is 0 Å². The summed E-state index contributed by atoms with van der Waals surface area (Å²) < 4.78 is 0. The average molecular weight is 178 g/mol. The third-order valence-corrected chi connectivity index (χ3v) is 3.39. The molecule has 2 aliphatic heterocycles. The predicted octanol–water partition coefficient (Wildman–Crippen LogP) is 0.503. The predicted molar refractivity (Wildman–Crippen MR) is 54.4 cm³/mol. The molecule has 2 rings (SSSR count). The van der Waals surface area contributed by atoms with E-state index in [2.05, 4.69) is 22.8 Å². The van der Waals surface area contributed by atoms with E-state index in [0.29, 0.717) is 0 Å². The third kappa shape index (κ3) is 1.87. The minimum absolute atomic E-state index is 0.844. The minimum atomic E-state index is 0.844. The van der Waals surface area contributed by atoms with Crippen LogP contribution in [0.15, 0.2) is 0 Å². The maximum absolute atomic E-state index is 5.32. The van der Waals surface area contributed by atoms with E-state index in [1.54, 1.807) is 0 Å². The zero-order valence-electron chi connectivity index (χ0n) is 8.37. The van der Waals surface area contributed by atoms with Crippen molar-refractivity contribution < 1.29 is 0 Å². The van der Waals surface area contributed by atoms with E-state index in [4.69, 9.17) is 6.42 Å². The molecule has 0 radical (unpaired) electrons. The van der Waals surface area contributed by atoms with Crippen molar-refractivity contribution in [2.45, 2.75) is 6.42 Å². The summed E-state index contributed by atoms with van der Waals surface area (Å²) in [5.41, 5.74) is 0. The van der Waals surface area contributed by atoms with Crippen molar-refractivity contribution in [1.29, 1.82) is 0 Å². The summed E-state index contributed by atoms with van der Waals surface area (Å²) in [5.74, 6) is 4.55. The quantitative estimate of drug-likeness (QED) is 0.540. The van der Waals surface area contributed by atoms with Crippen LogP contribution < -0.4 is 0 Å². The molecule has 2 nitrogen and oxygen atoms in total. The Labute approximate surface area is 80.9 Å². The molecule has 2 unspecified atom stereocenters. The van der Waals surface area contributed by atoms with Crippen LogP contribution in [0.25, 0.3) is 0 Å². The van der Waals surface area contributed by atoms with Crippen LogP contribution >= 0.6 is 0 Å². The lowest BCUT2D eigenvalue weighted by Crippen LogP contribution is -2.37. The molecule has 0 amide bonds. The molecular weight excluding hydrogens is 160 g/mol. The largest absolute Gasteiger partial charge is 0.306 e. The van der Waals surface area contributed by atoms with Crippen molar-refractivity contribution in [3.8, 4) is 12.3 Å². The summed E-state index contributed by atoms with van der Waals surface area (Å²) >= 11 is 0. The maximum atomic E-state index is 5.32. The molecule has 0 aromatic heterocycles. The first-order chi connectivity index (χ1) is 6.29. The average Bonchev–Trinajstić information content (AvgIpc) is 2.46. The van der Waals surface area contributed by atoms with Gasteiger partial charge in [-0.3, -0.25) is 4.90 Å². The lowest BCUT2D eigenvalue weighted by atomic mass is 9.89. The highest BCUT2D eigenvalue weighted by Crippen LogP contribution is 2.29. The molecule has 0 spiro atoms. The van der Waals surface area contributed by atoms with Crippen LogP contribution in [-0.4, -0.2) is 49.6 Å². The zero-order valence-corrected chi connectivity index (χ0v) is 8.37. The summed E-state index contributed by atoms with van der Waals surface area (Å²) in [7, 11) is 2.22. The molecule has 0 aromatic carbocycles. The Morgan fingerprint density at radius 1 is 1.31 bits per heavy atom. The molecule has 2 heteroatoms. The zero-order chi connectivity index (χ0) is 9.26. The van der Waals surface area contributed by atoms with E-state index in [-0.39, 0.29) is 0 Å². The van der Waals surface area contributed by atoms with Gasteiger partial charge in [-0.15, -0.1) is 6.42 Å². The van der Waals surface area contributed by atoms with Crippen molar-refractivity contribution in [3.05, 3.63) is 0 Å². The monoisotopic (exact) mass is 178 g/mol. The summed E-state index contributed by atoms with van der Waals surface area (Å²) in [6, 6.07) is 0. The Morgan fingerprint density at radius 2 is 2.08 bits per heavy atom. The lowest BCUT2D eigenvalue weighted by Gasteiger charge is -2.31. The second-order valence-corrected chi connectivity index (χ2v) is 4.47. The standard InChI is InChI=1S/C11H18N2/c1-3-5-13-8-10-4-6-12(2)7-11(10)9-13/h1,10-11H,4-9H2,2H3. The van der Waals surface area contributed by atoms with Crippen LogP contribution in [0.2, 0.25) is 0 Å². The number of hydrogen-bond acceptors (Lipinski definition) is 2. The van der Waals surface area contributed by atoms with Crippen molar-refractivity contribution in [2.24, 2.45) is 11.8 Å². The number of rotatable bonds is 1. The molecular formula is C11H18N2. The molecule has 0 saturated carbocycles. The number of likely N-dealkylation sites (tertiary alicyclic amines) is 2. The summed E-state index contributed by atoms with van der Waals surface area (Å²) in [6.07, 6.45) is 6.69. The van der Waals surface area contributed by atoms with Gasteiger partial charge in [0.2, 0.25) is 0 Å². The van der Waals surface area contributed by atoms with Crippen LogP contribution in [-0.2, 0) is 0 Å². The van der Waals surface area contributed by atoms with E-state index in [1.807, 2.05) is 0 Å². The molecule has 2 atom stereocenters. The normalized spacial score (nSPS) is 35.7. The topological polar surface area (TPSA) is 6.48 Å². The smallest absolute Gasteiger partial charge is 0.0599 e. The Bertz CT molecular complexity index is 219. The van der Waals surface area contributed by atoms with Gasteiger partial charge >= 0.3 is 0 Å². The second kappa shape index (κ2) is 3.69. The van der Waals surface area contributed by atoms with E-state index in [1.165, 1.54) is 32.6 Å². The van der Waals surface area contributed by atoms with E-state index in [0.717, 1.165) is 18.4 Å². The van der Waals surface area contributed by atoms with Gasteiger partial charge in [-0.2, -0.15) is 0 Å². The molecule has 0 aliphatic carbocycles. The minimum Gasteiger partial charge on any atom is -0.306 e. The maximum Gasteiger partial charge on any atom is 0.0599 e. The fraction of sp³-hybridized carbons (Fsp3) is 0.818. The van der Waals surface area contributed by atoms with Crippen molar-refractivity contribution in [2.75, 3.05) is 39.8 Å². The van der Waals surface area contributed by atoms with Gasteiger partial charge in [-0.05, 0) is 31.8 Å². The fourth-order valence-electron chi connectivity index (χ4n) is 2.71. The van der Waals surface area contributed by atoms with Gasteiger partial charge in [-0.1, -0.05) is 5.92 Å². The first-order valence-corrected chi connectivity index (χ1v) is 5.14. The van der Waals surface area contributed by atoms with Gasteiger partial charge in [0.25, 0.3) is 0 Å². The van der Waals surface area contributed by atoms with Gasteiger partial charge in [-0.25, -0.2) is 0 Å². The van der Waals surface area contributed by atoms with Crippen LogP contribution in [0.1, 0.15) is 6.42 Å². The van der Waals surface area contributed by atoms with Crippen LogP contribution in [0, 0.1) is 24.2 Å². The van der Waals surface area contributed by atoms with E-state index >= 15 is 0 Å². The Balaban J connectivity index is 1.91. The number of terminal acetylenes is 1. The number of piperidine rings is 1. The number of fused-ring (bicyclic) bond motifs is 1. The third-order valence-electron chi connectivity index (χ3n) is 3.39. The SMILES string of the molecule is C#CCN1CC2CCN(C)CC2C1. The molecule has 2 fully saturated rings. The van der Waals surface area contributed by atoms with Crippen LogP contribution in [0.4, 0.5) is 0 Å². The summed E-state index contributed by atoms with van der Waals surface area (Å²) in [6.45, 7) is 5.84. The highest BCUT2D eigenvalue weighted by Gasteiger charge is 2.35. The van der Waals surface area contributed by atoms with Gasteiger partial charge in [0.05, 0.1) is 6.54 Å². The van der Waals surface area contributed by atoms with Crippen molar-refractivity contribution >= 4 is 0 Å². The number of hydrogen-bond donors (Lipinski definition) is 0. The van der Waals surface area contributed by atoms with Gasteiger partial charge < -0.3 is 4.90 Å². The Hall–Kier alpha value is -0.520. The van der Waals surface area contributed by atoms with Crippen LogP contribution in [0.5, 0.6) is 0 Å². The van der Waals surface area contributed by atoms with E-state index < -0.39 is 0 Å². The fourth-order valence-corrected chi connectivity index (χ4v) is 2.71. The molecule has 13 heavy (non-hydrogen) atoms. The van der Waals surface area contributed by atoms with Gasteiger partial charge in [0.15, 0.2) is 0 Å². The van der Waals surface area contributed by atoms with E-state index in [9.17, 15) is 0 Å². The first kappa shape index (κ1) is 9.05. The Morgan fingerprint density at radius 3 is 2.85 bits per heavy atom. The first-order valence-electron chi connectivity index (χ1n) is 5.14. The van der Waals surface area contributed by atoms with Gasteiger partial charge in [0, 0.05) is 19.6 Å². The van der Waals surface area contributed by atoms with Crippen molar-refractivity contribution in [1.82, 2.24) is 9.80 Å².